The van der Waals surface area contributed by atoms with Gasteiger partial charge in [0.25, 0.3) is 0 Å². The van der Waals surface area contributed by atoms with Gasteiger partial charge in [0, 0.05) is 26.2 Å². The van der Waals surface area contributed by atoms with Crippen molar-refractivity contribution in [1.82, 2.24) is 9.80 Å². The molecule has 0 atom stereocenters. The SMILES string of the molecule is CCCN(CCC)C(=O)CC(=O)N1CCc2cc(OC)c(OC)cc2C1. The normalized spacial score (nSPS) is 13.2. The van der Waals surface area contributed by atoms with Gasteiger partial charge < -0.3 is 19.3 Å². The predicted octanol–water partition coefficient (Wildman–Crippen LogP) is 2.63. The van der Waals surface area contributed by atoms with Crippen LogP contribution in [0.5, 0.6) is 11.5 Å². The summed E-state index contributed by atoms with van der Waals surface area (Å²) in [7, 11) is 3.22. The summed E-state index contributed by atoms with van der Waals surface area (Å²) in [4.78, 5) is 28.6. The number of methoxy groups -OCH3 is 2. The first-order valence-electron chi connectivity index (χ1n) is 9.33. The van der Waals surface area contributed by atoms with Gasteiger partial charge in [0.2, 0.25) is 11.8 Å². The average molecular weight is 362 g/mol. The Bertz CT molecular complexity index is 639. The van der Waals surface area contributed by atoms with Crippen LogP contribution < -0.4 is 9.47 Å². The van der Waals surface area contributed by atoms with Gasteiger partial charge in [-0.15, -0.1) is 0 Å². The van der Waals surface area contributed by atoms with Crippen molar-refractivity contribution in [3.63, 3.8) is 0 Å². The second-order valence-electron chi connectivity index (χ2n) is 6.60. The number of carbonyl (C=O) groups is 2. The number of ether oxygens (including phenoxy) is 2. The van der Waals surface area contributed by atoms with E-state index >= 15 is 0 Å². The molecule has 0 unspecified atom stereocenters. The molecular formula is C20H30N2O4. The highest BCUT2D eigenvalue weighted by molar-refractivity contribution is 5.97. The molecule has 1 heterocycles. The maximum absolute atomic E-state index is 12.6. The van der Waals surface area contributed by atoms with Crippen LogP contribution in [0.3, 0.4) is 0 Å². The molecule has 1 aliphatic heterocycles. The molecule has 0 radical (unpaired) electrons. The molecule has 0 N–H and O–H groups in total. The standard InChI is InChI=1S/C20H30N2O4/c1-5-8-21(9-6-2)19(23)13-20(24)22-10-7-15-11-17(25-3)18(26-4)12-16(15)14-22/h11-12H,5-10,13-14H2,1-4H3. The molecule has 0 fully saturated rings. The topological polar surface area (TPSA) is 59.1 Å². The van der Waals surface area contributed by atoms with Gasteiger partial charge in [-0.05, 0) is 42.5 Å². The number of benzene rings is 1. The van der Waals surface area contributed by atoms with E-state index in [1.54, 1.807) is 24.0 Å². The molecule has 26 heavy (non-hydrogen) atoms. The van der Waals surface area contributed by atoms with Crippen molar-refractivity contribution >= 4 is 11.8 Å². The number of hydrogen-bond acceptors (Lipinski definition) is 4. The van der Waals surface area contributed by atoms with E-state index < -0.39 is 0 Å². The molecule has 0 spiro atoms. The Morgan fingerprint density at radius 2 is 1.62 bits per heavy atom. The minimum Gasteiger partial charge on any atom is -0.493 e. The number of fused-ring (bicyclic) bond motifs is 1. The second kappa shape index (κ2) is 9.46. The van der Waals surface area contributed by atoms with Crippen LogP contribution >= 0.6 is 0 Å². The zero-order valence-corrected chi connectivity index (χ0v) is 16.3. The minimum absolute atomic E-state index is 0.0530. The van der Waals surface area contributed by atoms with Crippen LogP contribution in [0.25, 0.3) is 0 Å². The minimum atomic E-state index is -0.104. The molecule has 0 aromatic heterocycles. The van der Waals surface area contributed by atoms with Crippen molar-refractivity contribution in [1.29, 1.82) is 0 Å². The van der Waals surface area contributed by atoms with E-state index in [9.17, 15) is 9.59 Å². The number of hydrogen-bond donors (Lipinski definition) is 0. The Morgan fingerprint density at radius 1 is 1.04 bits per heavy atom. The fraction of sp³-hybridized carbons (Fsp3) is 0.600. The Balaban J connectivity index is 2.05. The fourth-order valence-corrected chi connectivity index (χ4v) is 3.35. The van der Waals surface area contributed by atoms with Crippen LogP contribution in [0.1, 0.15) is 44.2 Å². The summed E-state index contributed by atoms with van der Waals surface area (Å²) in [6.07, 6.45) is 2.50. The highest BCUT2D eigenvalue weighted by Gasteiger charge is 2.25. The van der Waals surface area contributed by atoms with Gasteiger partial charge in [0.05, 0.1) is 14.2 Å². The third-order valence-electron chi connectivity index (χ3n) is 4.71. The van der Waals surface area contributed by atoms with Crippen molar-refractivity contribution in [3.05, 3.63) is 23.3 Å². The molecule has 6 heteroatoms. The van der Waals surface area contributed by atoms with Gasteiger partial charge >= 0.3 is 0 Å². The predicted molar refractivity (Wildman–Crippen MR) is 100 cm³/mol. The van der Waals surface area contributed by atoms with E-state index in [0.717, 1.165) is 30.4 Å². The van der Waals surface area contributed by atoms with E-state index in [-0.39, 0.29) is 18.2 Å². The van der Waals surface area contributed by atoms with Crippen LogP contribution in [0.2, 0.25) is 0 Å². The molecule has 0 aliphatic carbocycles. The smallest absolute Gasteiger partial charge is 0.232 e. The van der Waals surface area contributed by atoms with E-state index in [2.05, 4.69) is 0 Å². The Hall–Kier alpha value is -2.24. The number of amides is 2. The number of nitrogens with zero attached hydrogens (tertiary/aromatic N) is 2. The van der Waals surface area contributed by atoms with Crippen LogP contribution in [0.15, 0.2) is 12.1 Å². The molecule has 1 aromatic rings. The van der Waals surface area contributed by atoms with Crippen molar-refractivity contribution in [2.45, 2.75) is 46.1 Å². The van der Waals surface area contributed by atoms with Gasteiger partial charge in [-0.3, -0.25) is 9.59 Å². The maximum atomic E-state index is 12.6. The Morgan fingerprint density at radius 3 is 2.15 bits per heavy atom. The van der Waals surface area contributed by atoms with Gasteiger partial charge in [-0.25, -0.2) is 0 Å². The third kappa shape index (κ3) is 4.68. The molecule has 0 saturated carbocycles. The van der Waals surface area contributed by atoms with Crippen molar-refractivity contribution < 1.29 is 19.1 Å². The third-order valence-corrected chi connectivity index (χ3v) is 4.71. The van der Waals surface area contributed by atoms with Crippen LogP contribution in [0.4, 0.5) is 0 Å². The average Bonchev–Trinajstić information content (AvgIpc) is 2.65. The number of rotatable bonds is 8. The summed E-state index contributed by atoms with van der Waals surface area (Å²) in [6, 6.07) is 3.90. The summed E-state index contributed by atoms with van der Waals surface area (Å²) in [6.45, 7) is 6.63. The van der Waals surface area contributed by atoms with Gasteiger partial charge in [-0.2, -0.15) is 0 Å². The lowest BCUT2D eigenvalue weighted by Gasteiger charge is -2.30. The van der Waals surface area contributed by atoms with Crippen LogP contribution in [-0.4, -0.2) is 55.5 Å². The molecular weight excluding hydrogens is 332 g/mol. The van der Waals surface area contributed by atoms with Crippen molar-refractivity contribution in [3.8, 4) is 11.5 Å². The summed E-state index contributed by atoms with van der Waals surface area (Å²) < 4.78 is 10.7. The van der Waals surface area contributed by atoms with Crippen LogP contribution in [0, 0.1) is 0 Å². The van der Waals surface area contributed by atoms with Crippen molar-refractivity contribution in [2.75, 3.05) is 33.9 Å². The zero-order valence-electron chi connectivity index (χ0n) is 16.3. The lowest BCUT2D eigenvalue weighted by atomic mass is 9.98. The zero-order chi connectivity index (χ0) is 19.1. The molecule has 0 saturated heterocycles. The number of carbonyl (C=O) groups excluding carboxylic acids is 2. The summed E-state index contributed by atoms with van der Waals surface area (Å²) in [5, 5.41) is 0. The Labute approximate surface area is 156 Å². The van der Waals surface area contributed by atoms with E-state index in [1.165, 1.54) is 0 Å². The molecule has 1 aromatic carbocycles. The first-order valence-corrected chi connectivity index (χ1v) is 9.33. The molecule has 6 nitrogen and oxygen atoms in total. The molecule has 2 rings (SSSR count). The Kier molecular flexibility index (Phi) is 7.30. The first-order chi connectivity index (χ1) is 12.5. The van der Waals surface area contributed by atoms with Gasteiger partial charge in [-0.1, -0.05) is 13.8 Å². The molecule has 0 bridgehead atoms. The fourth-order valence-electron chi connectivity index (χ4n) is 3.35. The van der Waals surface area contributed by atoms with Crippen LogP contribution in [-0.2, 0) is 22.6 Å². The summed E-state index contributed by atoms with van der Waals surface area (Å²) >= 11 is 0. The highest BCUT2D eigenvalue weighted by atomic mass is 16.5. The van der Waals surface area contributed by atoms with E-state index in [0.29, 0.717) is 37.7 Å². The monoisotopic (exact) mass is 362 g/mol. The van der Waals surface area contributed by atoms with E-state index in [4.69, 9.17) is 9.47 Å². The lowest BCUT2D eigenvalue weighted by Crippen LogP contribution is -2.40. The van der Waals surface area contributed by atoms with Gasteiger partial charge in [0.15, 0.2) is 11.5 Å². The highest BCUT2D eigenvalue weighted by Crippen LogP contribution is 2.33. The molecule has 2 amide bonds. The summed E-state index contributed by atoms with van der Waals surface area (Å²) in [5.74, 6) is 1.19. The lowest BCUT2D eigenvalue weighted by molar-refractivity contribution is -0.141. The molecule has 1 aliphatic rings. The van der Waals surface area contributed by atoms with Gasteiger partial charge in [0.1, 0.15) is 6.42 Å². The van der Waals surface area contributed by atoms with Crippen molar-refractivity contribution in [2.24, 2.45) is 0 Å². The maximum Gasteiger partial charge on any atom is 0.232 e. The molecule has 144 valence electrons. The quantitative estimate of drug-likeness (QED) is 0.667. The first kappa shape index (κ1) is 20.1. The second-order valence-corrected chi connectivity index (χ2v) is 6.60. The van der Waals surface area contributed by atoms with E-state index in [1.807, 2.05) is 26.0 Å². The largest absolute Gasteiger partial charge is 0.493 e. The summed E-state index contributed by atoms with van der Waals surface area (Å²) in [5.41, 5.74) is 2.21.